The van der Waals surface area contributed by atoms with Crippen LogP contribution >= 0.6 is 0 Å². The molecule has 0 aliphatic heterocycles. The van der Waals surface area contributed by atoms with Gasteiger partial charge in [-0.15, -0.1) is 0 Å². The maximum atomic E-state index is 12.3. The fourth-order valence-electron chi connectivity index (χ4n) is 3.86. The second-order valence-electron chi connectivity index (χ2n) is 7.70. The van der Waals surface area contributed by atoms with Crippen molar-refractivity contribution in [1.82, 2.24) is 19.7 Å². The molecule has 0 unspecified atom stereocenters. The van der Waals surface area contributed by atoms with E-state index in [1.165, 1.54) is 5.56 Å². The monoisotopic (exact) mass is 422 g/mol. The molecule has 158 valence electrons. The molecular formula is C26H22N4O2. The zero-order valence-corrected chi connectivity index (χ0v) is 17.9. The van der Waals surface area contributed by atoms with E-state index in [2.05, 4.69) is 22.2 Å². The fraction of sp³-hybridized carbons (Fsp3) is 0.115. The first-order valence-electron chi connectivity index (χ1n) is 10.4. The van der Waals surface area contributed by atoms with Crippen LogP contribution in [0.25, 0.3) is 22.3 Å². The summed E-state index contributed by atoms with van der Waals surface area (Å²) in [4.78, 5) is 20.2. The van der Waals surface area contributed by atoms with Gasteiger partial charge in [0, 0.05) is 36.1 Å². The van der Waals surface area contributed by atoms with Crippen molar-refractivity contribution in [2.45, 2.75) is 13.3 Å². The first-order chi connectivity index (χ1) is 15.6. The Balaban J connectivity index is 1.45. The third-order valence-corrected chi connectivity index (χ3v) is 5.43. The minimum atomic E-state index is -0.0432. The lowest BCUT2D eigenvalue weighted by Gasteiger charge is -2.11. The number of H-pyrrole nitrogens is 1. The number of hydrogen-bond acceptors (Lipinski definition) is 4. The largest absolute Gasteiger partial charge is 0.457 e. The van der Waals surface area contributed by atoms with Gasteiger partial charge in [0.2, 0.25) is 0 Å². The van der Waals surface area contributed by atoms with Gasteiger partial charge in [0.05, 0.1) is 5.56 Å². The normalized spacial score (nSPS) is 11.1. The summed E-state index contributed by atoms with van der Waals surface area (Å²) in [6.07, 6.45) is 2.53. The summed E-state index contributed by atoms with van der Waals surface area (Å²) in [6.45, 7) is 1.55. The Kier molecular flexibility index (Phi) is 5.03. The van der Waals surface area contributed by atoms with Crippen LogP contribution in [0.3, 0.4) is 0 Å². The molecule has 0 saturated carbocycles. The van der Waals surface area contributed by atoms with Crippen LogP contribution in [0.15, 0.2) is 79.0 Å². The standard InChI is InChI=1S/C26H22N4O2/c1-17(31)25-21-13-14-27-22(21)11-12-23(25)32-20-10-6-9-19(16-20)26-28-24(30(2)29-26)15-18-7-4-3-5-8-18/h3-14,16,27H,15H2,1-2H3. The lowest BCUT2D eigenvalue weighted by molar-refractivity contribution is 0.101. The Morgan fingerprint density at radius 2 is 1.88 bits per heavy atom. The van der Waals surface area contributed by atoms with Gasteiger partial charge in [-0.1, -0.05) is 42.5 Å². The van der Waals surface area contributed by atoms with Crippen LogP contribution in [0.4, 0.5) is 0 Å². The first-order valence-corrected chi connectivity index (χ1v) is 10.4. The molecule has 0 fully saturated rings. The number of aryl methyl sites for hydroxylation is 1. The van der Waals surface area contributed by atoms with Crippen molar-refractivity contribution >= 4 is 16.7 Å². The van der Waals surface area contributed by atoms with Crippen LogP contribution in [-0.2, 0) is 13.5 Å². The summed E-state index contributed by atoms with van der Waals surface area (Å²) in [6, 6.07) is 23.4. The van der Waals surface area contributed by atoms with Gasteiger partial charge in [0.15, 0.2) is 11.6 Å². The molecule has 0 spiro atoms. The third-order valence-electron chi connectivity index (χ3n) is 5.43. The molecule has 0 radical (unpaired) electrons. The quantitative estimate of drug-likeness (QED) is 0.364. The lowest BCUT2D eigenvalue weighted by Crippen LogP contribution is -2.00. The number of aromatic nitrogens is 4. The van der Waals surface area contributed by atoms with Crippen LogP contribution in [0.1, 0.15) is 28.7 Å². The Morgan fingerprint density at radius 3 is 2.69 bits per heavy atom. The Bertz CT molecular complexity index is 1420. The van der Waals surface area contributed by atoms with E-state index in [1.54, 1.807) is 6.92 Å². The van der Waals surface area contributed by atoms with Crippen molar-refractivity contribution in [3.05, 3.63) is 95.9 Å². The van der Waals surface area contributed by atoms with E-state index >= 15 is 0 Å². The number of rotatable bonds is 6. The average molecular weight is 422 g/mol. The molecule has 0 aliphatic rings. The lowest BCUT2D eigenvalue weighted by atomic mass is 10.1. The zero-order chi connectivity index (χ0) is 22.1. The topological polar surface area (TPSA) is 72.8 Å². The highest BCUT2D eigenvalue weighted by atomic mass is 16.5. The Morgan fingerprint density at radius 1 is 1.03 bits per heavy atom. The molecule has 5 rings (SSSR count). The molecule has 32 heavy (non-hydrogen) atoms. The number of carbonyl (C=O) groups is 1. The van der Waals surface area contributed by atoms with Crippen LogP contribution in [0.5, 0.6) is 11.5 Å². The molecule has 0 amide bonds. The smallest absolute Gasteiger partial charge is 0.181 e. The molecular weight excluding hydrogens is 400 g/mol. The summed E-state index contributed by atoms with van der Waals surface area (Å²) in [5.74, 6) is 2.63. The predicted molar refractivity (Wildman–Crippen MR) is 124 cm³/mol. The number of nitrogens with one attached hydrogen (secondary N) is 1. The molecule has 0 saturated heterocycles. The summed E-state index contributed by atoms with van der Waals surface area (Å²) >= 11 is 0. The second-order valence-corrected chi connectivity index (χ2v) is 7.70. The average Bonchev–Trinajstić information content (AvgIpc) is 3.41. The molecule has 0 atom stereocenters. The molecule has 0 aliphatic carbocycles. The molecule has 0 bridgehead atoms. The van der Waals surface area contributed by atoms with Crippen molar-refractivity contribution in [3.8, 4) is 22.9 Å². The Hall–Kier alpha value is -4.19. The zero-order valence-electron chi connectivity index (χ0n) is 17.9. The van der Waals surface area contributed by atoms with Gasteiger partial charge in [-0.25, -0.2) is 4.98 Å². The molecule has 5 aromatic rings. The molecule has 6 heteroatoms. The number of aromatic amines is 1. The highest BCUT2D eigenvalue weighted by Crippen LogP contribution is 2.33. The Labute approximate surface area is 185 Å². The van der Waals surface area contributed by atoms with Crippen LogP contribution in [0, 0.1) is 0 Å². The summed E-state index contributed by atoms with van der Waals surface area (Å²) in [7, 11) is 1.90. The van der Waals surface area contributed by atoms with Crippen molar-refractivity contribution in [2.24, 2.45) is 7.05 Å². The van der Waals surface area contributed by atoms with Gasteiger partial charge in [-0.05, 0) is 42.8 Å². The molecule has 2 aromatic heterocycles. The first kappa shape index (κ1) is 19.8. The van der Waals surface area contributed by atoms with Gasteiger partial charge in [0.25, 0.3) is 0 Å². The van der Waals surface area contributed by atoms with E-state index in [0.29, 0.717) is 29.3 Å². The van der Waals surface area contributed by atoms with Crippen molar-refractivity contribution < 1.29 is 9.53 Å². The van der Waals surface area contributed by atoms with Crippen molar-refractivity contribution in [1.29, 1.82) is 0 Å². The SMILES string of the molecule is CC(=O)c1c(Oc2cccc(-c3nc(Cc4ccccc4)n(C)n3)c2)ccc2[nH]ccc12. The second kappa shape index (κ2) is 8.15. The summed E-state index contributed by atoms with van der Waals surface area (Å²) in [5.41, 5.74) is 3.50. The van der Waals surface area contributed by atoms with Crippen molar-refractivity contribution in [2.75, 3.05) is 0 Å². The minimum Gasteiger partial charge on any atom is -0.457 e. The van der Waals surface area contributed by atoms with Gasteiger partial charge in [0.1, 0.15) is 17.3 Å². The van der Waals surface area contributed by atoms with E-state index in [0.717, 1.165) is 22.3 Å². The number of ketones is 1. The highest BCUT2D eigenvalue weighted by molar-refractivity contribution is 6.09. The van der Waals surface area contributed by atoms with E-state index in [4.69, 9.17) is 9.72 Å². The van der Waals surface area contributed by atoms with Gasteiger partial charge in [-0.2, -0.15) is 5.10 Å². The highest BCUT2D eigenvalue weighted by Gasteiger charge is 2.16. The predicted octanol–water partition coefficient (Wildman–Crippen LogP) is 5.55. The van der Waals surface area contributed by atoms with Crippen LogP contribution < -0.4 is 4.74 Å². The number of Topliss-reactive ketones (excluding diaryl/α,β-unsaturated/α-hetero) is 1. The van der Waals surface area contributed by atoms with Crippen molar-refractivity contribution in [3.63, 3.8) is 0 Å². The van der Waals surface area contributed by atoms with E-state index in [1.807, 2.05) is 78.6 Å². The number of benzene rings is 3. The van der Waals surface area contributed by atoms with E-state index in [-0.39, 0.29) is 5.78 Å². The van der Waals surface area contributed by atoms with E-state index in [9.17, 15) is 4.79 Å². The number of carbonyl (C=O) groups excluding carboxylic acids is 1. The maximum Gasteiger partial charge on any atom is 0.181 e. The molecule has 6 nitrogen and oxygen atoms in total. The van der Waals surface area contributed by atoms with Gasteiger partial charge in [-0.3, -0.25) is 9.48 Å². The van der Waals surface area contributed by atoms with Gasteiger partial charge < -0.3 is 9.72 Å². The molecule has 3 aromatic carbocycles. The fourth-order valence-corrected chi connectivity index (χ4v) is 3.86. The summed E-state index contributed by atoms with van der Waals surface area (Å²) < 4.78 is 7.96. The number of hydrogen-bond donors (Lipinski definition) is 1. The minimum absolute atomic E-state index is 0.0432. The number of nitrogens with zero attached hydrogens (tertiary/aromatic N) is 3. The molecule has 1 N–H and O–H groups in total. The number of ether oxygens (including phenoxy) is 1. The number of fused-ring (bicyclic) bond motifs is 1. The van der Waals surface area contributed by atoms with Crippen LogP contribution in [0.2, 0.25) is 0 Å². The molecule has 2 heterocycles. The van der Waals surface area contributed by atoms with E-state index < -0.39 is 0 Å². The van der Waals surface area contributed by atoms with Gasteiger partial charge >= 0.3 is 0 Å². The third kappa shape index (κ3) is 3.78. The van der Waals surface area contributed by atoms with Crippen LogP contribution in [-0.4, -0.2) is 25.5 Å². The summed E-state index contributed by atoms with van der Waals surface area (Å²) in [5, 5.41) is 5.45. The maximum absolute atomic E-state index is 12.3.